The predicted octanol–water partition coefficient (Wildman–Crippen LogP) is 2.26. The fraction of sp³-hybridized carbons (Fsp3) is 0.471. The van der Waals surface area contributed by atoms with Gasteiger partial charge in [-0.1, -0.05) is 25.1 Å². The minimum atomic E-state index is -0.726. The number of para-hydroxylation sites is 1. The van der Waals surface area contributed by atoms with E-state index in [1.165, 1.54) is 5.56 Å². The van der Waals surface area contributed by atoms with Crippen LogP contribution in [0.25, 0.3) is 10.9 Å². The zero-order chi connectivity index (χ0) is 15.6. The summed E-state index contributed by atoms with van der Waals surface area (Å²) in [6, 6.07) is 6.19. The number of rotatable bonds is 5. The molecule has 1 amide bonds. The molecule has 2 aromatic rings. The molecule has 1 atom stereocenters. The van der Waals surface area contributed by atoms with Gasteiger partial charge in [0.2, 0.25) is 5.91 Å². The average molecular weight is 318 g/mol. The highest BCUT2D eigenvalue weighted by Gasteiger charge is 2.31. The minimum absolute atomic E-state index is 0.0341. The lowest BCUT2D eigenvalue weighted by atomic mass is 10.0. The summed E-state index contributed by atoms with van der Waals surface area (Å²) in [6.45, 7) is 2.48. The Morgan fingerprint density at radius 2 is 2.32 bits per heavy atom. The molecule has 0 spiro atoms. The van der Waals surface area contributed by atoms with E-state index in [1.54, 1.807) is 11.8 Å². The van der Waals surface area contributed by atoms with E-state index in [0.717, 1.165) is 35.1 Å². The van der Waals surface area contributed by atoms with Crippen molar-refractivity contribution in [3.63, 3.8) is 0 Å². The highest BCUT2D eigenvalue weighted by molar-refractivity contribution is 7.99. The van der Waals surface area contributed by atoms with E-state index in [1.807, 2.05) is 12.3 Å². The number of thioether (sulfide) groups is 1. The first-order valence-electron chi connectivity index (χ1n) is 7.76. The number of benzene rings is 1. The molecule has 0 saturated carbocycles. The number of carbonyl (C=O) groups excluding carboxylic acids is 1. The molecule has 0 radical (unpaired) electrons. The van der Waals surface area contributed by atoms with Crippen molar-refractivity contribution in [1.29, 1.82) is 0 Å². The van der Waals surface area contributed by atoms with Crippen molar-refractivity contribution >= 4 is 28.6 Å². The number of aromatic amines is 1. The van der Waals surface area contributed by atoms with E-state index >= 15 is 0 Å². The molecule has 1 unspecified atom stereocenters. The molecular formula is C17H22N2O2S. The van der Waals surface area contributed by atoms with Crippen molar-refractivity contribution in [3.05, 3.63) is 35.5 Å². The summed E-state index contributed by atoms with van der Waals surface area (Å²) >= 11 is 1.74. The Morgan fingerprint density at radius 3 is 3.05 bits per heavy atom. The second-order valence-electron chi connectivity index (χ2n) is 5.99. The molecule has 22 heavy (non-hydrogen) atoms. The van der Waals surface area contributed by atoms with Crippen LogP contribution in [0.1, 0.15) is 24.5 Å². The quantitative estimate of drug-likeness (QED) is 0.792. The summed E-state index contributed by atoms with van der Waals surface area (Å²) in [5, 5.41) is 14.3. The molecule has 118 valence electrons. The maximum Gasteiger partial charge on any atom is 0.224 e. The van der Waals surface area contributed by atoms with E-state index in [-0.39, 0.29) is 5.91 Å². The normalized spacial score (nSPS) is 21.4. The predicted molar refractivity (Wildman–Crippen MR) is 91.3 cm³/mol. The monoisotopic (exact) mass is 318 g/mol. The van der Waals surface area contributed by atoms with E-state index in [0.29, 0.717) is 18.7 Å². The molecule has 1 aliphatic rings. The molecule has 2 heterocycles. The molecule has 0 aliphatic carbocycles. The molecule has 1 aromatic heterocycles. The van der Waals surface area contributed by atoms with E-state index < -0.39 is 5.60 Å². The van der Waals surface area contributed by atoms with Crippen molar-refractivity contribution < 1.29 is 9.90 Å². The Kier molecular flexibility index (Phi) is 4.45. The third kappa shape index (κ3) is 3.15. The SMILES string of the molecule is CCc1cccc2c(CC(=O)NCC3(O)CCSC3)c[nH]c12. The maximum atomic E-state index is 12.2. The number of aliphatic hydroxyl groups is 1. The van der Waals surface area contributed by atoms with Gasteiger partial charge in [0.15, 0.2) is 0 Å². The highest BCUT2D eigenvalue weighted by atomic mass is 32.2. The minimum Gasteiger partial charge on any atom is -0.387 e. The Morgan fingerprint density at radius 1 is 1.45 bits per heavy atom. The topological polar surface area (TPSA) is 65.1 Å². The van der Waals surface area contributed by atoms with Gasteiger partial charge < -0.3 is 15.4 Å². The number of amides is 1. The van der Waals surface area contributed by atoms with Crippen LogP contribution < -0.4 is 5.32 Å². The van der Waals surface area contributed by atoms with Gasteiger partial charge in [-0.25, -0.2) is 0 Å². The van der Waals surface area contributed by atoms with Gasteiger partial charge >= 0.3 is 0 Å². The molecule has 4 nitrogen and oxygen atoms in total. The first kappa shape index (κ1) is 15.4. The van der Waals surface area contributed by atoms with Crippen LogP contribution in [0.15, 0.2) is 24.4 Å². The molecule has 0 bridgehead atoms. The fourth-order valence-electron chi connectivity index (χ4n) is 2.95. The Bertz CT molecular complexity index is 674. The van der Waals surface area contributed by atoms with E-state index in [9.17, 15) is 9.90 Å². The maximum absolute atomic E-state index is 12.2. The smallest absolute Gasteiger partial charge is 0.224 e. The third-order valence-corrected chi connectivity index (χ3v) is 5.55. The lowest BCUT2D eigenvalue weighted by Crippen LogP contribution is -2.43. The molecule has 1 aromatic carbocycles. The third-order valence-electron chi connectivity index (χ3n) is 4.32. The Labute approximate surface area is 134 Å². The van der Waals surface area contributed by atoms with Gasteiger partial charge in [-0.3, -0.25) is 4.79 Å². The second kappa shape index (κ2) is 6.34. The van der Waals surface area contributed by atoms with E-state index in [4.69, 9.17) is 0 Å². The van der Waals surface area contributed by atoms with Crippen LogP contribution in [0, 0.1) is 0 Å². The molecule has 1 saturated heterocycles. The summed E-state index contributed by atoms with van der Waals surface area (Å²) in [5.41, 5.74) is 2.67. The largest absolute Gasteiger partial charge is 0.387 e. The van der Waals surface area contributed by atoms with Crippen molar-refractivity contribution in [3.8, 4) is 0 Å². The summed E-state index contributed by atoms with van der Waals surface area (Å²) in [6.07, 6.45) is 3.99. The number of nitrogens with one attached hydrogen (secondary N) is 2. The number of hydrogen-bond acceptors (Lipinski definition) is 3. The van der Waals surface area contributed by atoms with Crippen LogP contribution in [0.3, 0.4) is 0 Å². The fourth-order valence-corrected chi connectivity index (χ4v) is 4.25. The van der Waals surface area contributed by atoms with Crippen LogP contribution in [-0.2, 0) is 17.6 Å². The lowest BCUT2D eigenvalue weighted by Gasteiger charge is -2.21. The average Bonchev–Trinajstić information content (AvgIpc) is 3.13. The van der Waals surface area contributed by atoms with Crippen LogP contribution in [0.2, 0.25) is 0 Å². The number of aromatic nitrogens is 1. The van der Waals surface area contributed by atoms with Gasteiger partial charge in [0, 0.05) is 29.4 Å². The molecule has 1 aliphatic heterocycles. The summed E-state index contributed by atoms with van der Waals surface area (Å²) in [5.74, 6) is 1.64. The van der Waals surface area contributed by atoms with E-state index in [2.05, 4.69) is 29.4 Å². The van der Waals surface area contributed by atoms with Crippen LogP contribution in [0.4, 0.5) is 0 Å². The number of hydrogen-bond donors (Lipinski definition) is 3. The van der Waals surface area contributed by atoms with Crippen molar-refractivity contribution in [1.82, 2.24) is 10.3 Å². The van der Waals surface area contributed by atoms with Gasteiger partial charge in [0.1, 0.15) is 0 Å². The van der Waals surface area contributed by atoms with Gasteiger partial charge in [0.25, 0.3) is 0 Å². The van der Waals surface area contributed by atoms with Crippen LogP contribution >= 0.6 is 11.8 Å². The van der Waals surface area contributed by atoms with Gasteiger partial charge in [-0.2, -0.15) is 11.8 Å². The molecule has 3 N–H and O–H groups in total. The first-order valence-corrected chi connectivity index (χ1v) is 8.91. The van der Waals surface area contributed by atoms with Crippen LogP contribution in [0.5, 0.6) is 0 Å². The number of aryl methyl sites for hydroxylation is 1. The first-order chi connectivity index (χ1) is 10.6. The van der Waals surface area contributed by atoms with Crippen LogP contribution in [-0.4, -0.2) is 39.6 Å². The van der Waals surface area contributed by atoms with Gasteiger partial charge in [-0.05, 0) is 29.7 Å². The van der Waals surface area contributed by atoms with Crippen molar-refractivity contribution in [2.75, 3.05) is 18.1 Å². The lowest BCUT2D eigenvalue weighted by molar-refractivity contribution is -0.121. The van der Waals surface area contributed by atoms with Gasteiger partial charge in [0.05, 0.1) is 12.0 Å². The highest BCUT2D eigenvalue weighted by Crippen LogP contribution is 2.27. The zero-order valence-electron chi connectivity index (χ0n) is 12.8. The second-order valence-corrected chi connectivity index (χ2v) is 7.09. The zero-order valence-corrected chi connectivity index (χ0v) is 13.6. The summed E-state index contributed by atoms with van der Waals surface area (Å²) < 4.78 is 0. The van der Waals surface area contributed by atoms with Crippen molar-refractivity contribution in [2.24, 2.45) is 0 Å². The molecule has 1 fully saturated rings. The number of carbonyl (C=O) groups is 1. The Balaban J connectivity index is 1.66. The molecule has 5 heteroatoms. The summed E-state index contributed by atoms with van der Waals surface area (Å²) in [7, 11) is 0. The standard InChI is InChI=1S/C17H22N2O2S/c1-2-12-4-3-5-14-13(9-18-16(12)14)8-15(20)19-10-17(21)6-7-22-11-17/h3-5,9,18,21H,2,6-8,10-11H2,1H3,(H,19,20). The van der Waals surface area contributed by atoms with Gasteiger partial charge in [-0.15, -0.1) is 0 Å². The summed E-state index contributed by atoms with van der Waals surface area (Å²) in [4.78, 5) is 15.4. The number of H-pyrrole nitrogens is 1. The van der Waals surface area contributed by atoms with Crippen molar-refractivity contribution in [2.45, 2.75) is 31.8 Å². The number of fused-ring (bicyclic) bond motifs is 1. The Hall–Kier alpha value is -1.46. The molecular weight excluding hydrogens is 296 g/mol. The molecule has 3 rings (SSSR count).